The van der Waals surface area contributed by atoms with E-state index in [9.17, 15) is 14.0 Å². The van der Waals surface area contributed by atoms with Crippen LogP contribution in [0.1, 0.15) is 19.4 Å². The van der Waals surface area contributed by atoms with Gasteiger partial charge in [-0.1, -0.05) is 17.7 Å². The van der Waals surface area contributed by atoms with E-state index in [4.69, 9.17) is 21.1 Å². The third-order valence-electron chi connectivity index (χ3n) is 3.49. The number of nitrogens with one attached hydrogen (secondary N) is 1. The van der Waals surface area contributed by atoms with Crippen LogP contribution in [-0.2, 0) is 14.3 Å². The van der Waals surface area contributed by atoms with E-state index in [0.717, 1.165) is 5.56 Å². The number of esters is 1. The fourth-order valence-electron chi connectivity index (χ4n) is 2.06. The number of hydrogen-bond acceptors (Lipinski definition) is 4. The largest absolute Gasteiger partial charge is 0.476 e. The first-order valence-electron chi connectivity index (χ1n) is 7.85. The summed E-state index contributed by atoms with van der Waals surface area (Å²) < 4.78 is 23.5. The van der Waals surface area contributed by atoms with E-state index in [1.165, 1.54) is 38.1 Å². The first-order chi connectivity index (χ1) is 12.2. The monoisotopic (exact) mass is 379 g/mol. The molecule has 0 aliphatic carbocycles. The molecule has 138 valence electrons. The number of halogens is 2. The molecule has 0 heterocycles. The van der Waals surface area contributed by atoms with Crippen molar-refractivity contribution in [1.82, 2.24) is 0 Å². The zero-order valence-corrected chi connectivity index (χ0v) is 15.4. The van der Waals surface area contributed by atoms with Crippen molar-refractivity contribution >= 4 is 29.2 Å². The molecule has 0 radical (unpaired) electrons. The Labute approximate surface area is 156 Å². The highest BCUT2D eigenvalue weighted by atomic mass is 35.5. The van der Waals surface area contributed by atoms with E-state index >= 15 is 0 Å². The highest BCUT2D eigenvalue weighted by molar-refractivity contribution is 6.31. The van der Waals surface area contributed by atoms with Crippen molar-refractivity contribution < 1.29 is 23.5 Å². The Bertz CT molecular complexity index is 806. The van der Waals surface area contributed by atoms with Crippen molar-refractivity contribution in [2.75, 3.05) is 11.9 Å². The summed E-state index contributed by atoms with van der Waals surface area (Å²) in [5.74, 6) is -1.32. The number of hydrogen-bond donors (Lipinski definition) is 1. The van der Waals surface area contributed by atoms with E-state index in [-0.39, 0.29) is 0 Å². The van der Waals surface area contributed by atoms with Gasteiger partial charge in [-0.05, 0) is 62.7 Å². The Balaban J connectivity index is 1.90. The number of aryl methyl sites for hydroxylation is 1. The molecule has 7 heteroatoms. The lowest BCUT2D eigenvalue weighted by Gasteiger charge is -2.24. The molecule has 5 nitrogen and oxygen atoms in total. The van der Waals surface area contributed by atoms with Crippen molar-refractivity contribution in [3.63, 3.8) is 0 Å². The number of carbonyl (C=O) groups excluding carboxylic acids is 2. The molecule has 0 aliphatic rings. The maximum atomic E-state index is 12.9. The smallest absolute Gasteiger partial charge is 0.350 e. The van der Waals surface area contributed by atoms with Crippen LogP contribution in [0.5, 0.6) is 5.75 Å². The molecule has 0 saturated heterocycles. The van der Waals surface area contributed by atoms with Crippen LogP contribution in [0.3, 0.4) is 0 Å². The van der Waals surface area contributed by atoms with Crippen LogP contribution < -0.4 is 10.1 Å². The fourth-order valence-corrected chi connectivity index (χ4v) is 2.23. The molecule has 0 spiro atoms. The van der Waals surface area contributed by atoms with Gasteiger partial charge >= 0.3 is 5.97 Å². The van der Waals surface area contributed by atoms with Crippen LogP contribution in [0.25, 0.3) is 0 Å². The van der Waals surface area contributed by atoms with Gasteiger partial charge in [0.05, 0.1) is 0 Å². The predicted molar refractivity (Wildman–Crippen MR) is 96.9 cm³/mol. The Kier molecular flexibility index (Phi) is 6.21. The average Bonchev–Trinajstić information content (AvgIpc) is 2.58. The fraction of sp³-hybridized carbons (Fsp3) is 0.263. The number of amides is 1. The first-order valence-corrected chi connectivity index (χ1v) is 8.23. The summed E-state index contributed by atoms with van der Waals surface area (Å²) in [5.41, 5.74) is 0.0267. The molecular weight excluding hydrogens is 361 g/mol. The van der Waals surface area contributed by atoms with Gasteiger partial charge in [-0.2, -0.15) is 0 Å². The van der Waals surface area contributed by atoms with Crippen molar-refractivity contribution in [1.29, 1.82) is 0 Å². The summed E-state index contributed by atoms with van der Waals surface area (Å²) in [6, 6.07) is 10.3. The molecule has 2 rings (SSSR count). The molecule has 26 heavy (non-hydrogen) atoms. The van der Waals surface area contributed by atoms with Gasteiger partial charge in [0.2, 0.25) is 0 Å². The number of carbonyl (C=O) groups is 2. The molecule has 0 saturated carbocycles. The van der Waals surface area contributed by atoms with E-state index < -0.39 is 29.9 Å². The molecule has 2 aromatic rings. The maximum Gasteiger partial charge on any atom is 0.350 e. The van der Waals surface area contributed by atoms with Crippen LogP contribution in [0.2, 0.25) is 5.02 Å². The van der Waals surface area contributed by atoms with Crippen LogP contribution in [-0.4, -0.2) is 24.1 Å². The van der Waals surface area contributed by atoms with Crippen LogP contribution in [0.4, 0.5) is 10.1 Å². The van der Waals surface area contributed by atoms with Gasteiger partial charge in [-0.3, -0.25) is 4.79 Å². The SMILES string of the molecule is Cc1ccc(Cl)cc1NC(=O)COC(=O)C(C)(C)Oc1ccc(F)cc1. The van der Waals surface area contributed by atoms with Crippen molar-refractivity contribution in [2.45, 2.75) is 26.4 Å². The summed E-state index contributed by atoms with van der Waals surface area (Å²) in [5, 5.41) is 3.11. The van der Waals surface area contributed by atoms with Crippen molar-refractivity contribution in [3.8, 4) is 5.75 Å². The lowest BCUT2D eigenvalue weighted by molar-refractivity contribution is -0.161. The van der Waals surface area contributed by atoms with Crippen molar-refractivity contribution in [3.05, 3.63) is 58.9 Å². The molecule has 0 unspecified atom stereocenters. The molecule has 0 aromatic heterocycles. The molecule has 1 N–H and O–H groups in total. The Hall–Kier alpha value is -2.60. The van der Waals surface area contributed by atoms with E-state index in [2.05, 4.69) is 5.32 Å². The zero-order valence-electron chi connectivity index (χ0n) is 14.6. The van der Waals surface area contributed by atoms with Crippen LogP contribution in [0.15, 0.2) is 42.5 Å². The Morgan fingerprint density at radius 1 is 1.15 bits per heavy atom. The summed E-state index contributed by atoms with van der Waals surface area (Å²) in [6.07, 6.45) is 0. The van der Waals surface area contributed by atoms with Gasteiger partial charge in [-0.25, -0.2) is 9.18 Å². The molecule has 1 amide bonds. The second-order valence-corrected chi connectivity index (χ2v) is 6.59. The van der Waals surface area contributed by atoms with E-state index in [1.807, 2.05) is 6.92 Å². The van der Waals surface area contributed by atoms with Gasteiger partial charge in [0, 0.05) is 10.7 Å². The first kappa shape index (κ1) is 19.7. The topological polar surface area (TPSA) is 64.6 Å². The number of anilines is 1. The minimum Gasteiger partial charge on any atom is -0.476 e. The average molecular weight is 380 g/mol. The number of rotatable bonds is 6. The molecule has 0 atom stereocenters. The minimum absolute atomic E-state index is 0.312. The summed E-state index contributed by atoms with van der Waals surface area (Å²) in [4.78, 5) is 24.2. The minimum atomic E-state index is -1.34. The summed E-state index contributed by atoms with van der Waals surface area (Å²) >= 11 is 5.90. The normalized spacial score (nSPS) is 11.0. The van der Waals surface area contributed by atoms with E-state index in [0.29, 0.717) is 16.5 Å². The van der Waals surface area contributed by atoms with Gasteiger partial charge in [0.25, 0.3) is 5.91 Å². The third-order valence-corrected chi connectivity index (χ3v) is 3.72. The lowest BCUT2D eigenvalue weighted by Crippen LogP contribution is -2.41. The summed E-state index contributed by atoms with van der Waals surface area (Å²) in [6.45, 7) is 4.34. The molecule has 2 aromatic carbocycles. The summed E-state index contributed by atoms with van der Waals surface area (Å²) in [7, 11) is 0. The zero-order chi connectivity index (χ0) is 19.3. The molecule has 0 fully saturated rings. The van der Waals surface area contributed by atoms with Crippen LogP contribution >= 0.6 is 11.6 Å². The van der Waals surface area contributed by atoms with Crippen molar-refractivity contribution in [2.24, 2.45) is 0 Å². The Morgan fingerprint density at radius 3 is 2.46 bits per heavy atom. The second-order valence-electron chi connectivity index (χ2n) is 6.15. The van der Waals surface area contributed by atoms with E-state index in [1.54, 1.807) is 18.2 Å². The highest BCUT2D eigenvalue weighted by Crippen LogP contribution is 2.21. The third kappa shape index (κ3) is 5.46. The predicted octanol–water partition coefficient (Wildman–Crippen LogP) is 4.13. The lowest BCUT2D eigenvalue weighted by atomic mass is 10.1. The molecule has 0 aliphatic heterocycles. The number of ether oxygens (including phenoxy) is 2. The van der Waals surface area contributed by atoms with Gasteiger partial charge in [0.15, 0.2) is 12.2 Å². The van der Waals surface area contributed by atoms with Gasteiger partial charge in [0.1, 0.15) is 11.6 Å². The maximum absolute atomic E-state index is 12.9. The van der Waals surface area contributed by atoms with Crippen LogP contribution in [0, 0.1) is 12.7 Å². The van der Waals surface area contributed by atoms with Gasteiger partial charge < -0.3 is 14.8 Å². The quantitative estimate of drug-likeness (QED) is 0.766. The second kappa shape index (κ2) is 8.19. The van der Waals surface area contributed by atoms with Gasteiger partial charge in [-0.15, -0.1) is 0 Å². The molecule has 0 bridgehead atoms. The Morgan fingerprint density at radius 2 is 1.81 bits per heavy atom. The highest BCUT2D eigenvalue weighted by Gasteiger charge is 2.32. The number of benzene rings is 2. The molecular formula is C19H19ClFNO4. The standard InChI is InChI=1S/C19H19ClFNO4/c1-12-4-5-13(20)10-16(12)22-17(23)11-25-18(24)19(2,3)26-15-8-6-14(21)7-9-15/h4-10H,11H2,1-3H3,(H,22,23).